The summed E-state index contributed by atoms with van der Waals surface area (Å²) in [5, 5.41) is 12.3. The van der Waals surface area contributed by atoms with Gasteiger partial charge in [-0.15, -0.1) is 0 Å². The molecule has 3 rings (SSSR count). The van der Waals surface area contributed by atoms with Crippen LogP contribution in [0.5, 0.6) is 0 Å². The maximum Gasteiger partial charge on any atom is 0.314 e. The molecule has 112 valence electrons. The first-order valence-electron chi connectivity index (χ1n) is 6.85. The highest BCUT2D eigenvalue weighted by Gasteiger charge is 2.22. The van der Waals surface area contributed by atoms with E-state index in [1.807, 2.05) is 30.3 Å². The number of nitro groups is 1. The van der Waals surface area contributed by atoms with Gasteiger partial charge in [-0.25, -0.2) is 4.98 Å². The van der Waals surface area contributed by atoms with Gasteiger partial charge in [0.25, 0.3) is 0 Å². The van der Waals surface area contributed by atoms with Crippen LogP contribution in [0, 0.1) is 17.0 Å². The topological polar surface area (TPSA) is 72.4 Å². The number of rotatable bonds is 4. The van der Waals surface area contributed by atoms with Crippen LogP contribution in [0.1, 0.15) is 11.3 Å². The number of pyridine rings is 1. The molecule has 6 nitrogen and oxygen atoms in total. The number of para-hydroxylation sites is 1. The zero-order valence-electron chi connectivity index (χ0n) is 12.3. The second kappa shape index (κ2) is 5.48. The van der Waals surface area contributed by atoms with Gasteiger partial charge < -0.3 is 9.32 Å². The number of furan rings is 1. The van der Waals surface area contributed by atoms with Crippen molar-refractivity contribution in [2.75, 3.05) is 11.9 Å². The van der Waals surface area contributed by atoms with Gasteiger partial charge >= 0.3 is 5.69 Å². The minimum Gasteiger partial charge on any atom is -0.459 e. The van der Waals surface area contributed by atoms with Crippen LogP contribution in [0.15, 0.2) is 47.0 Å². The van der Waals surface area contributed by atoms with E-state index >= 15 is 0 Å². The molecule has 0 N–H and O–H groups in total. The Morgan fingerprint density at radius 1 is 1.32 bits per heavy atom. The van der Waals surface area contributed by atoms with Crippen LogP contribution in [0.3, 0.4) is 0 Å². The fourth-order valence-electron chi connectivity index (χ4n) is 2.46. The van der Waals surface area contributed by atoms with Crippen LogP contribution < -0.4 is 4.90 Å². The molecule has 3 aromatic rings. The molecule has 0 spiro atoms. The van der Waals surface area contributed by atoms with Crippen molar-refractivity contribution in [3.05, 3.63) is 64.0 Å². The van der Waals surface area contributed by atoms with Crippen LogP contribution in [-0.2, 0) is 6.54 Å². The lowest BCUT2D eigenvalue weighted by Gasteiger charge is -2.17. The molecule has 0 fully saturated rings. The highest BCUT2D eigenvalue weighted by molar-refractivity contribution is 5.77. The number of aromatic nitrogens is 1. The zero-order chi connectivity index (χ0) is 15.7. The molecule has 0 bridgehead atoms. The van der Waals surface area contributed by atoms with Crippen molar-refractivity contribution in [1.29, 1.82) is 0 Å². The molecule has 2 heterocycles. The van der Waals surface area contributed by atoms with E-state index in [1.165, 1.54) is 0 Å². The van der Waals surface area contributed by atoms with E-state index < -0.39 is 4.92 Å². The minimum atomic E-state index is -0.396. The van der Waals surface area contributed by atoms with Crippen molar-refractivity contribution in [3.8, 4) is 0 Å². The Morgan fingerprint density at radius 2 is 2.09 bits per heavy atom. The number of anilines is 1. The Morgan fingerprint density at radius 3 is 2.82 bits per heavy atom. The molecule has 22 heavy (non-hydrogen) atoms. The van der Waals surface area contributed by atoms with Gasteiger partial charge in [0.1, 0.15) is 11.3 Å². The molecule has 0 radical (unpaired) electrons. The third-order valence-electron chi connectivity index (χ3n) is 3.52. The number of nitrogens with zero attached hydrogens (tertiary/aromatic N) is 3. The van der Waals surface area contributed by atoms with E-state index in [4.69, 9.17) is 4.42 Å². The first-order valence-corrected chi connectivity index (χ1v) is 6.85. The van der Waals surface area contributed by atoms with Crippen LogP contribution in [0.4, 0.5) is 11.5 Å². The fourth-order valence-corrected chi connectivity index (χ4v) is 2.46. The van der Waals surface area contributed by atoms with Gasteiger partial charge in [-0.3, -0.25) is 10.1 Å². The lowest BCUT2D eigenvalue weighted by atomic mass is 10.2. The molecule has 0 amide bonds. The van der Waals surface area contributed by atoms with Crippen molar-refractivity contribution in [2.45, 2.75) is 13.5 Å². The highest BCUT2D eigenvalue weighted by atomic mass is 16.6. The lowest BCUT2D eigenvalue weighted by Crippen LogP contribution is -2.19. The molecule has 0 unspecified atom stereocenters. The molecule has 6 heteroatoms. The molecule has 1 aromatic carbocycles. The van der Waals surface area contributed by atoms with E-state index in [1.54, 1.807) is 31.1 Å². The Kier molecular flexibility index (Phi) is 3.50. The van der Waals surface area contributed by atoms with Crippen molar-refractivity contribution >= 4 is 22.5 Å². The van der Waals surface area contributed by atoms with Crippen LogP contribution in [0.25, 0.3) is 11.0 Å². The second-order valence-corrected chi connectivity index (χ2v) is 5.16. The lowest BCUT2D eigenvalue weighted by molar-refractivity contribution is -0.384. The maximum atomic E-state index is 11.3. The molecule has 0 aliphatic heterocycles. The third kappa shape index (κ3) is 2.50. The van der Waals surface area contributed by atoms with Gasteiger partial charge in [-0.2, -0.15) is 0 Å². The molecule has 0 atom stereocenters. The normalized spacial score (nSPS) is 10.8. The van der Waals surface area contributed by atoms with E-state index in [2.05, 4.69) is 4.98 Å². The second-order valence-electron chi connectivity index (χ2n) is 5.16. The van der Waals surface area contributed by atoms with E-state index in [0.29, 0.717) is 17.9 Å². The average molecular weight is 297 g/mol. The largest absolute Gasteiger partial charge is 0.459 e. The van der Waals surface area contributed by atoms with Gasteiger partial charge in [-0.05, 0) is 25.1 Å². The summed E-state index contributed by atoms with van der Waals surface area (Å²) in [5.41, 5.74) is 1.42. The zero-order valence-corrected chi connectivity index (χ0v) is 12.3. The van der Waals surface area contributed by atoms with E-state index in [0.717, 1.165) is 16.7 Å². The van der Waals surface area contributed by atoms with Crippen molar-refractivity contribution in [3.63, 3.8) is 0 Å². The predicted molar refractivity (Wildman–Crippen MR) is 83.9 cm³/mol. The third-order valence-corrected chi connectivity index (χ3v) is 3.52. The van der Waals surface area contributed by atoms with Gasteiger partial charge in [0.05, 0.1) is 11.5 Å². The van der Waals surface area contributed by atoms with E-state index in [9.17, 15) is 10.1 Å². The molecule has 0 aliphatic carbocycles. The first-order chi connectivity index (χ1) is 10.6. The van der Waals surface area contributed by atoms with Crippen molar-refractivity contribution in [1.82, 2.24) is 4.98 Å². The summed E-state index contributed by atoms with van der Waals surface area (Å²) in [4.78, 5) is 16.7. The molecule has 0 aliphatic rings. The van der Waals surface area contributed by atoms with Crippen LogP contribution >= 0.6 is 0 Å². The Hall–Kier alpha value is -2.89. The van der Waals surface area contributed by atoms with Crippen LogP contribution in [0.2, 0.25) is 0 Å². The summed E-state index contributed by atoms with van der Waals surface area (Å²) in [6, 6.07) is 11.3. The van der Waals surface area contributed by atoms with Crippen molar-refractivity contribution in [2.24, 2.45) is 0 Å². The molecular formula is C16H15N3O3. The number of hydrogen-bond acceptors (Lipinski definition) is 5. The van der Waals surface area contributed by atoms with Crippen LogP contribution in [-0.4, -0.2) is 17.0 Å². The fraction of sp³-hybridized carbons (Fsp3) is 0.188. The predicted octanol–water partition coefficient (Wildman–Crippen LogP) is 3.68. The van der Waals surface area contributed by atoms with Crippen molar-refractivity contribution < 1.29 is 9.34 Å². The molecular weight excluding hydrogens is 282 g/mol. The Labute approximate surface area is 127 Å². The average Bonchev–Trinajstić information content (AvgIpc) is 2.88. The standard InChI is InChI=1S/C16H15N3O3/c1-11-7-8-17-16(15(11)19(20)21)18(2)10-13-9-12-5-3-4-6-14(12)22-13/h3-9H,10H2,1-2H3. The summed E-state index contributed by atoms with van der Waals surface area (Å²) in [6.45, 7) is 2.12. The molecule has 0 saturated carbocycles. The SMILES string of the molecule is Cc1ccnc(N(C)Cc2cc3ccccc3o2)c1[N+](=O)[O-]. The summed E-state index contributed by atoms with van der Waals surface area (Å²) < 4.78 is 5.75. The molecule has 2 aromatic heterocycles. The first kappa shape index (κ1) is 14.1. The summed E-state index contributed by atoms with van der Waals surface area (Å²) in [6.07, 6.45) is 1.58. The maximum absolute atomic E-state index is 11.3. The van der Waals surface area contributed by atoms with Gasteiger partial charge in [0.15, 0.2) is 0 Å². The smallest absolute Gasteiger partial charge is 0.314 e. The minimum absolute atomic E-state index is 0.0288. The molecule has 0 saturated heterocycles. The van der Waals surface area contributed by atoms with Gasteiger partial charge in [0.2, 0.25) is 5.82 Å². The summed E-state index contributed by atoms with van der Waals surface area (Å²) in [7, 11) is 1.77. The van der Waals surface area contributed by atoms with Gasteiger partial charge in [-0.1, -0.05) is 18.2 Å². The number of fused-ring (bicyclic) bond motifs is 1. The summed E-state index contributed by atoms with van der Waals surface area (Å²) in [5.74, 6) is 1.08. The van der Waals surface area contributed by atoms with Gasteiger partial charge in [0, 0.05) is 24.2 Å². The number of aryl methyl sites for hydroxylation is 1. The Bertz CT molecular complexity index is 809. The summed E-state index contributed by atoms with van der Waals surface area (Å²) >= 11 is 0. The number of benzene rings is 1. The van der Waals surface area contributed by atoms with E-state index in [-0.39, 0.29) is 5.69 Å². The number of hydrogen-bond donors (Lipinski definition) is 0. The Balaban J connectivity index is 1.93. The monoisotopic (exact) mass is 297 g/mol. The quantitative estimate of drug-likeness (QED) is 0.542. The highest BCUT2D eigenvalue weighted by Crippen LogP contribution is 2.29.